The maximum absolute atomic E-state index is 6.27. The molecule has 0 radical (unpaired) electrons. The average Bonchev–Trinajstić information content (AvgIpc) is 2.67. The van der Waals surface area contributed by atoms with E-state index in [1.807, 2.05) is 6.07 Å². The standard InChI is InChI=1S/C19H23BO2/c1-14-10-9-13-16(15-11-7-6-8-12-15)17(14)20-21-18(2,3)19(4,5)22-20/h6-13H,1-5H3. The second-order valence-corrected chi connectivity index (χ2v) is 6.99. The van der Waals surface area contributed by atoms with Crippen LogP contribution in [0, 0.1) is 6.92 Å². The van der Waals surface area contributed by atoms with Crippen molar-refractivity contribution >= 4 is 12.6 Å². The molecule has 1 heterocycles. The quantitative estimate of drug-likeness (QED) is 0.780. The molecule has 0 N–H and O–H groups in total. The van der Waals surface area contributed by atoms with Gasteiger partial charge in [-0.15, -0.1) is 0 Å². The Morgan fingerprint density at radius 2 is 1.36 bits per heavy atom. The lowest BCUT2D eigenvalue weighted by Gasteiger charge is -2.32. The van der Waals surface area contributed by atoms with Crippen molar-refractivity contribution in [2.24, 2.45) is 0 Å². The summed E-state index contributed by atoms with van der Waals surface area (Å²) in [7, 11) is -0.332. The summed E-state index contributed by atoms with van der Waals surface area (Å²) in [6.07, 6.45) is 0. The zero-order valence-corrected chi connectivity index (χ0v) is 14.0. The van der Waals surface area contributed by atoms with Crippen molar-refractivity contribution in [2.75, 3.05) is 0 Å². The van der Waals surface area contributed by atoms with Crippen LogP contribution in [0.4, 0.5) is 0 Å². The molecular weight excluding hydrogens is 271 g/mol. The highest BCUT2D eigenvalue weighted by Crippen LogP contribution is 2.37. The van der Waals surface area contributed by atoms with E-state index >= 15 is 0 Å². The highest BCUT2D eigenvalue weighted by atomic mass is 16.7. The van der Waals surface area contributed by atoms with Crippen molar-refractivity contribution in [1.82, 2.24) is 0 Å². The highest BCUT2D eigenvalue weighted by Gasteiger charge is 2.52. The molecule has 0 unspecified atom stereocenters. The molecule has 0 aliphatic carbocycles. The molecule has 0 amide bonds. The summed E-state index contributed by atoms with van der Waals surface area (Å²) in [5, 5.41) is 0. The fourth-order valence-electron chi connectivity index (χ4n) is 2.82. The van der Waals surface area contributed by atoms with Gasteiger partial charge in [0.15, 0.2) is 0 Å². The molecule has 0 aromatic heterocycles. The summed E-state index contributed by atoms with van der Waals surface area (Å²) in [5.41, 5.74) is 4.05. The molecule has 2 aromatic carbocycles. The Bertz CT molecular complexity index is 661. The molecule has 114 valence electrons. The summed E-state index contributed by atoms with van der Waals surface area (Å²) >= 11 is 0. The van der Waals surface area contributed by atoms with Crippen molar-refractivity contribution in [3.63, 3.8) is 0 Å². The summed E-state index contributed by atoms with van der Waals surface area (Å²) in [6.45, 7) is 10.5. The molecule has 1 aliphatic rings. The summed E-state index contributed by atoms with van der Waals surface area (Å²) in [5.74, 6) is 0. The Kier molecular flexibility index (Phi) is 3.66. The molecule has 0 bridgehead atoms. The Labute approximate surface area is 133 Å². The molecule has 22 heavy (non-hydrogen) atoms. The maximum atomic E-state index is 6.27. The predicted octanol–water partition coefficient (Wildman–Crippen LogP) is 3.96. The molecule has 0 saturated carbocycles. The molecule has 0 atom stereocenters. The molecule has 1 fully saturated rings. The molecule has 1 aliphatic heterocycles. The third kappa shape index (κ3) is 2.49. The first kappa shape index (κ1) is 15.3. The van der Waals surface area contributed by atoms with Gasteiger partial charge in [-0.05, 0) is 51.2 Å². The van der Waals surface area contributed by atoms with Gasteiger partial charge >= 0.3 is 7.12 Å². The Balaban J connectivity index is 2.09. The Hall–Kier alpha value is -1.58. The van der Waals surface area contributed by atoms with Crippen LogP contribution >= 0.6 is 0 Å². The number of aryl methyl sites for hydroxylation is 1. The minimum Gasteiger partial charge on any atom is -0.399 e. The van der Waals surface area contributed by atoms with Crippen LogP contribution in [0.15, 0.2) is 48.5 Å². The first-order chi connectivity index (χ1) is 10.3. The van der Waals surface area contributed by atoms with Gasteiger partial charge in [-0.1, -0.05) is 54.1 Å². The number of benzene rings is 2. The van der Waals surface area contributed by atoms with Gasteiger partial charge in [0.1, 0.15) is 0 Å². The van der Waals surface area contributed by atoms with E-state index in [0.717, 1.165) is 5.46 Å². The second kappa shape index (κ2) is 5.25. The van der Waals surface area contributed by atoms with Crippen molar-refractivity contribution in [3.8, 4) is 11.1 Å². The molecule has 0 spiro atoms. The van der Waals surface area contributed by atoms with Gasteiger partial charge in [-0.25, -0.2) is 0 Å². The smallest absolute Gasteiger partial charge is 0.399 e. The van der Waals surface area contributed by atoms with Crippen LogP contribution in [0.1, 0.15) is 33.3 Å². The van der Waals surface area contributed by atoms with Crippen molar-refractivity contribution in [3.05, 3.63) is 54.1 Å². The van der Waals surface area contributed by atoms with E-state index in [-0.39, 0.29) is 18.3 Å². The lowest BCUT2D eigenvalue weighted by atomic mass is 9.72. The van der Waals surface area contributed by atoms with Crippen LogP contribution in [0.25, 0.3) is 11.1 Å². The van der Waals surface area contributed by atoms with Gasteiger partial charge in [0.05, 0.1) is 11.2 Å². The zero-order chi connectivity index (χ0) is 16.0. The lowest BCUT2D eigenvalue weighted by Crippen LogP contribution is -2.41. The van der Waals surface area contributed by atoms with Crippen molar-refractivity contribution < 1.29 is 9.31 Å². The van der Waals surface area contributed by atoms with Gasteiger partial charge in [-0.3, -0.25) is 0 Å². The topological polar surface area (TPSA) is 18.5 Å². The molecular formula is C19H23BO2. The van der Waals surface area contributed by atoms with Gasteiger partial charge < -0.3 is 9.31 Å². The second-order valence-electron chi connectivity index (χ2n) is 6.99. The fraction of sp³-hybridized carbons (Fsp3) is 0.368. The summed E-state index contributed by atoms with van der Waals surface area (Å²) in [4.78, 5) is 0. The summed E-state index contributed by atoms with van der Waals surface area (Å²) in [6, 6.07) is 16.8. The minimum absolute atomic E-state index is 0.325. The monoisotopic (exact) mass is 294 g/mol. The van der Waals surface area contributed by atoms with E-state index in [2.05, 4.69) is 77.1 Å². The third-order valence-corrected chi connectivity index (χ3v) is 4.90. The Morgan fingerprint density at radius 1 is 0.773 bits per heavy atom. The molecule has 2 aromatic rings. The lowest BCUT2D eigenvalue weighted by molar-refractivity contribution is 0.00578. The largest absolute Gasteiger partial charge is 0.495 e. The average molecular weight is 294 g/mol. The predicted molar refractivity (Wildman–Crippen MR) is 92.3 cm³/mol. The van der Waals surface area contributed by atoms with E-state index < -0.39 is 0 Å². The molecule has 3 heteroatoms. The summed E-state index contributed by atoms with van der Waals surface area (Å²) < 4.78 is 12.5. The van der Waals surface area contributed by atoms with Gasteiger partial charge in [-0.2, -0.15) is 0 Å². The molecule has 3 rings (SSSR count). The van der Waals surface area contributed by atoms with Crippen LogP contribution in [0.2, 0.25) is 0 Å². The maximum Gasteiger partial charge on any atom is 0.495 e. The van der Waals surface area contributed by atoms with Crippen molar-refractivity contribution in [2.45, 2.75) is 45.8 Å². The zero-order valence-electron chi connectivity index (χ0n) is 14.0. The van der Waals surface area contributed by atoms with Gasteiger partial charge in [0, 0.05) is 0 Å². The SMILES string of the molecule is Cc1cccc(-c2ccccc2)c1B1OC(C)(C)C(C)(C)O1. The van der Waals surface area contributed by atoms with Crippen molar-refractivity contribution in [1.29, 1.82) is 0 Å². The highest BCUT2D eigenvalue weighted by molar-refractivity contribution is 6.64. The van der Waals surface area contributed by atoms with Crippen LogP contribution in [0.5, 0.6) is 0 Å². The number of hydrogen-bond acceptors (Lipinski definition) is 2. The normalized spacial score (nSPS) is 19.4. The third-order valence-electron chi connectivity index (χ3n) is 4.90. The van der Waals surface area contributed by atoms with Crippen LogP contribution < -0.4 is 5.46 Å². The van der Waals surface area contributed by atoms with Gasteiger partial charge in [0.25, 0.3) is 0 Å². The van der Waals surface area contributed by atoms with Crippen LogP contribution in [-0.4, -0.2) is 18.3 Å². The minimum atomic E-state index is -0.332. The van der Waals surface area contributed by atoms with E-state index in [4.69, 9.17) is 9.31 Å². The van der Waals surface area contributed by atoms with Crippen LogP contribution in [-0.2, 0) is 9.31 Å². The number of hydrogen-bond donors (Lipinski definition) is 0. The van der Waals surface area contributed by atoms with E-state index in [0.29, 0.717) is 0 Å². The first-order valence-corrected chi connectivity index (χ1v) is 7.82. The Morgan fingerprint density at radius 3 is 1.95 bits per heavy atom. The van der Waals surface area contributed by atoms with E-state index in [9.17, 15) is 0 Å². The van der Waals surface area contributed by atoms with Crippen LogP contribution in [0.3, 0.4) is 0 Å². The fourth-order valence-corrected chi connectivity index (χ4v) is 2.82. The van der Waals surface area contributed by atoms with E-state index in [1.165, 1.54) is 16.7 Å². The first-order valence-electron chi connectivity index (χ1n) is 7.82. The molecule has 1 saturated heterocycles. The van der Waals surface area contributed by atoms with E-state index in [1.54, 1.807) is 0 Å². The number of rotatable bonds is 2. The van der Waals surface area contributed by atoms with Gasteiger partial charge in [0.2, 0.25) is 0 Å². The molecule has 2 nitrogen and oxygen atoms in total.